The first-order valence-electron chi connectivity index (χ1n) is 7.38. The number of hydrogen-bond donors (Lipinski definition) is 0. The first-order valence-corrected chi connectivity index (χ1v) is 7.38. The van der Waals surface area contributed by atoms with Crippen LogP contribution in [0.1, 0.15) is 24.9 Å². The van der Waals surface area contributed by atoms with E-state index in [1.54, 1.807) is 0 Å². The van der Waals surface area contributed by atoms with Gasteiger partial charge in [0.15, 0.2) is 0 Å². The molecule has 2 aliphatic rings. The Kier molecular flexibility index (Phi) is 3.91. The van der Waals surface area contributed by atoms with Gasteiger partial charge in [-0.3, -0.25) is 9.80 Å². The molecule has 106 valence electrons. The van der Waals surface area contributed by atoms with Gasteiger partial charge in [-0.1, -0.05) is 0 Å². The Bertz CT molecular complexity index is 418. The van der Waals surface area contributed by atoms with Gasteiger partial charge in [0.25, 0.3) is 0 Å². The normalized spacial score (nSPS) is 28.7. The van der Waals surface area contributed by atoms with Gasteiger partial charge in [0.05, 0.1) is 12.6 Å². The van der Waals surface area contributed by atoms with Crippen molar-refractivity contribution in [2.45, 2.75) is 39.0 Å². The third-order valence-electron chi connectivity index (χ3n) is 4.24. The monoisotopic (exact) mass is 264 g/mol. The molecule has 0 aromatic carbocycles. The summed E-state index contributed by atoms with van der Waals surface area (Å²) in [5.41, 5.74) is 0. The lowest BCUT2D eigenvalue weighted by atomic mass is 10.1. The summed E-state index contributed by atoms with van der Waals surface area (Å²) in [4.78, 5) is 5.10. The van der Waals surface area contributed by atoms with E-state index >= 15 is 0 Å². The first kappa shape index (κ1) is 13.2. The maximum atomic E-state index is 5.77. The van der Waals surface area contributed by atoms with Crippen molar-refractivity contribution in [1.29, 1.82) is 0 Å². The van der Waals surface area contributed by atoms with Crippen molar-refractivity contribution in [3.63, 3.8) is 0 Å². The number of ether oxygens (including phenoxy) is 1. The number of fused-ring (bicyclic) bond motifs is 1. The third-order valence-corrected chi connectivity index (χ3v) is 4.24. The Morgan fingerprint density at radius 2 is 2.21 bits per heavy atom. The molecule has 0 aliphatic carbocycles. The predicted octanol–water partition coefficient (Wildman–Crippen LogP) is 1.88. The molecule has 1 aromatic rings. The lowest BCUT2D eigenvalue weighted by Crippen LogP contribution is -2.49. The Morgan fingerprint density at radius 3 is 2.95 bits per heavy atom. The first-order chi connectivity index (χ1) is 9.24. The molecule has 19 heavy (non-hydrogen) atoms. The molecule has 2 saturated heterocycles. The average molecular weight is 264 g/mol. The van der Waals surface area contributed by atoms with Crippen LogP contribution in [0.5, 0.6) is 0 Å². The van der Waals surface area contributed by atoms with Crippen LogP contribution in [-0.2, 0) is 11.3 Å². The summed E-state index contributed by atoms with van der Waals surface area (Å²) >= 11 is 0. The Balaban J connectivity index is 1.54. The van der Waals surface area contributed by atoms with Gasteiger partial charge in [-0.05, 0) is 32.4 Å². The van der Waals surface area contributed by atoms with Crippen LogP contribution in [0.15, 0.2) is 16.5 Å². The number of aryl methyl sites for hydroxylation is 1. The van der Waals surface area contributed by atoms with Crippen molar-refractivity contribution in [2.24, 2.45) is 0 Å². The summed E-state index contributed by atoms with van der Waals surface area (Å²) in [5.74, 6) is 2.09. The average Bonchev–Trinajstić information content (AvgIpc) is 2.95. The van der Waals surface area contributed by atoms with Crippen LogP contribution >= 0.6 is 0 Å². The number of nitrogens with zero attached hydrogens (tertiary/aromatic N) is 2. The standard InChI is InChI=1S/C15H24N2O2/c1-3-18-15-8-13-9-16(6-7-17(13)11-15)10-14-5-4-12(2)19-14/h4-5,13,15H,3,6-11H2,1-2H3/t13-,15+/m0/s1. The molecule has 0 amide bonds. The summed E-state index contributed by atoms with van der Waals surface area (Å²) in [6.07, 6.45) is 1.63. The second-order valence-corrected chi connectivity index (χ2v) is 5.71. The van der Waals surface area contributed by atoms with Gasteiger partial charge in [-0.25, -0.2) is 0 Å². The summed E-state index contributed by atoms with van der Waals surface area (Å²) in [7, 11) is 0. The van der Waals surface area contributed by atoms with Crippen LogP contribution in [0.2, 0.25) is 0 Å². The minimum Gasteiger partial charge on any atom is -0.465 e. The molecule has 2 aliphatic heterocycles. The maximum absolute atomic E-state index is 5.77. The highest BCUT2D eigenvalue weighted by molar-refractivity contribution is 5.06. The zero-order valence-corrected chi connectivity index (χ0v) is 12.0. The summed E-state index contributed by atoms with van der Waals surface area (Å²) in [6, 6.07) is 4.81. The predicted molar refractivity (Wildman–Crippen MR) is 74.1 cm³/mol. The minimum atomic E-state index is 0.445. The molecule has 0 spiro atoms. The molecular formula is C15H24N2O2. The molecule has 0 N–H and O–H groups in total. The fourth-order valence-electron chi connectivity index (χ4n) is 3.35. The molecule has 0 unspecified atom stereocenters. The van der Waals surface area contributed by atoms with Crippen molar-refractivity contribution in [3.05, 3.63) is 23.7 Å². The SMILES string of the molecule is CCO[C@@H]1C[C@H]2CN(Cc3ccc(C)o3)CCN2C1. The molecular weight excluding hydrogens is 240 g/mol. The van der Waals surface area contributed by atoms with E-state index in [1.165, 1.54) is 6.42 Å². The van der Waals surface area contributed by atoms with Crippen LogP contribution in [0, 0.1) is 6.92 Å². The second kappa shape index (κ2) is 5.65. The van der Waals surface area contributed by atoms with Crippen molar-refractivity contribution in [1.82, 2.24) is 9.80 Å². The van der Waals surface area contributed by atoms with E-state index in [4.69, 9.17) is 9.15 Å². The molecule has 4 nitrogen and oxygen atoms in total. The smallest absolute Gasteiger partial charge is 0.118 e. The van der Waals surface area contributed by atoms with E-state index in [2.05, 4.69) is 22.8 Å². The van der Waals surface area contributed by atoms with Gasteiger partial charge in [0.2, 0.25) is 0 Å². The summed E-state index contributed by atoms with van der Waals surface area (Å²) in [5, 5.41) is 0. The van der Waals surface area contributed by atoms with E-state index in [1.807, 2.05) is 13.0 Å². The highest BCUT2D eigenvalue weighted by atomic mass is 16.5. The molecule has 2 fully saturated rings. The van der Waals surface area contributed by atoms with Crippen molar-refractivity contribution >= 4 is 0 Å². The van der Waals surface area contributed by atoms with E-state index in [-0.39, 0.29) is 0 Å². The molecule has 1 aromatic heterocycles. The van der Waals surface area contributed by atoms with Gasteiger partial charge in [-0.15, -0.1) is 0 Å². The van der Waals surface area contributed by atoms with Gasteiger partial charge >= 0.3 is 0 Å². The van der Waals surface area contributed by atoms with Crippen LogP contribution in [0.4, 0.5) is 0 Å². The molecule has 2 atom stereocenters. The fourth-order valence-corrected chi connectivity index (χ4v) is 3.35. The molecule has 4 heteroatoms. The van der Waals surface area contributed by atoms with Crippen LogP contribution in [0.3, 0.4) is 0 Å². The number of hydrogen-bond acceptors (Lipinski definition) is 4. The van der Waals surface area contributed by atoms with Gasteiger partial charge in [0, 0.05) is 38.8 Å². The van der Waals surface area contributed by atoms with Crippen molar-refractivity contribution in [3.8, 4) is 0 Å². The van der Waals surface area contributed by atoms with Crippen LogP contribution in [-0.4, -0.2) is 54.7 Å². The van der Waals surface area contributed by atoms with Gasteiger partial charge in [-0.2, -0.15) is 0 Å². The Labute approximate surface area is 115 Å². The Hall–Kier alpha value is -0.840. The second-order valence-electron chi connectivity index (χ2n) is 5.71. The largest absolute Gasteiger partial charge is 0.465 e. The van der Waals surface area contributed by atoms with E-state index in [0.717, 1.165) is 50.9 Å². The van der Waals surface area contributed by atoms with Gasteiger partial charge in [0.1, 0.15) is 11.5 Å². The number of rotatable bonds is 4. The van der Waals surface area contributed by atoms with E-state index < -0.39 is 0 Å². The quantitative estimate of drug-likeness (QED) is 0.830. The van der Waals surface area contributed by atoms with Crippen molar-refractivity contribution < 1.29 is 9.15 Å². The third kappa shape index (κ3) is 3.02. The molecule has 0 radical (unpaired) electrons. The molecule has 3 rings (SSSR count). The highest BCUT2D eigenvalue weighted by Gasteiger charge is 2.36. The lowest BCUT2D eigenvalue weighted by Gasteiger charge is -2.36. The Morgan fingerprint density at radius 1 is 1.32 bits per heavy atom. The zero-order chi connectivity index (χ0) is 13.2. The van der Waals surface area contributed by atoms with Crippen molar-refractivity contribution in [2.75, 3.05) is 32.8 Å². The van der Waals surface area contributed by atoms with E-state index in [9.17, 15) is 0 Å². The summed E-state index contributed by atoms with van der Waals surface area (Å²) in [6.45, 7) is 10.4. The number of furan rings is 1. The van der Waals surface area contributed by atoms with Gasteiger partial charge < -0.3 is 9.15 Å². The maximum Gasteiger partial charge on any atom is 0.118 e. The molecule has 3 heterocycles. The minimum absolute atomic E-state index is 0.445. The lowest BCUT2D eigenvalue weighted by molar-refractivity contribution is 0.0659. The van der Waals surface area contributed by atoms with Crippen LogP contribution in [0.25, 0.3) is 0 Å². The molecule has 0 bridgehead atoms. The van der Waals surface area contributed by atoms with E-state index in [0.29, 0.717) is 12.1 Å². The summed E-state index contributed by atoms with van der Waals surface area (Å²) < 4.78 is 11.5. The highest BCUT2D eigenvalue weighted by Crippen LogP contribution is 2.25. The zero-order valence-electron chi connectivity index (χ0n) is 12.0. The molecule has 0 saturated carbocycles. The fraction of sp³-hybridized carbons (Fsp3) is 0.733. The van der Waals surface area contributed by atoms with Crippen LogP contribution < -0.4 is 0 Å². The topological polar surface area (TPSA) is 28.9 Å². The number of piperazine rings is 1.